The summed E-state index contributed by atoms with van der Waals surface area (Å²) in [6.45, 7) is 0. The van der Waals surface area contributed by atoms with Gasteiger partial charge in [0.25, 0.3) is 0 Å². The minimum atomic E-state index is -1.58. The van der Waals surface area contributed by atoms with Gasteiger partial charge in [0.15, 0.2) is 0 Å². The fourth-order valence-electron chi connectivity index (χ4n) is 3.23. The van der Waals surface area contributed by atoms with E-state index in [1.807, 2.05) is 6.26 Å². The molecule has 1 aromatic rings. The van der Waals surface area contributed by atoms with Crippen molar-refractivity contribution in [1.82, 2.24) is 16.0 Å². The molecule has 0 aromatic heterocycles. The van der Waals surface area contributed by atoms with Crippen molar-refractivity contribution in [2.45, 2.75) is 56.3 Å². The first-order valence-corrected chi connectivity index (χ1v) is 13.0. The average molecular weight is 555 g/mol. The van der Waals surface area contributed by atoms with Gasteiger partial charge in [0, 0.05) is 12.8 Å². The molecular weight excluding hydrogens is 520 g/mol. The Balaban J connectivity index is 3.12. The molecule has 4 atom stereocenters. The lowest BCUT2D eigenvalue weighted by Crippen LogP contribution is -2.58. The highest BCUT2D eigenvalue weighted by atomic mass is 32.2. The first-order chi connectivity index (χ1) is 17.8. The van der Waals surface area contributed by atoms with E-state index in [2.05, 4.69) is 16.0 Å². The molecule has 5 amide bonds. The summed E-state index contributed by atoms with van der Waals surface area (Å²) in [4.78, 5) is 72.7. The van der Waals surface area contributed by atoms with Gasteiger partial charge in [-0.15, -0.1) is 0 Å². The SMILES string of the molecule is CSCCC(N)C(=O)NC(Cc1ccc(O)cc1)C(=O)NC(CC(N)=O)C(=O)NC(CCC(N)=O)C(=O)O. The van der Waals surface area contributed by atoms with Gasteiger partial charge in [-0.05, 0) is 42.5 Å². The van der Waals surface area contributed by atoms with E-state index in [4.69, 9.17) is 17.2 Å². The first-order valence-electron chi connectivity index (χ1n) is 11.6. The molecule has 0 bridgehead atoms. The summed E-state index contributed by atoms with van der Waals surface area (Å²) >= 11 is 1.49. The van der Waals surface area contributed by atoms with E-state index in [1.54, 1.807) is 0 Å². The van der Waals surface area contributed by atoms with Crippen molar-refractivity contribution >= 4 is 47.3 Å². The molecule has 14 nitrogen and oxygen atoms in total. The van der Waals surface area contributed by atoms with Crippen molar-refractivity contribution in [1.29, 1.82) is 0 Å². The summed E-state index contributed by atoms with van der Waals surface area (Å²) in [6.07, 6.45) is 0.803. The summed E-state index contributed by atoms with van der Waals surface area (Å²) in [7, 11) is 0. The number of carbonyl (C=O) groups is 6. The van der Waals surface area contributed by atoms with Crippen molar-refractivity contribution in [2.24, 2.45) is 17.2 Å². The third-order valence-electron chi connectivity index (χ3n) is 5.31. The molecule has 0 aliphatic rings. The Morgan fingerprint density at radius 2 is 1.39 bits per heavy atom. The van der Waals surface area contributed by atoms with E-state index < -0.39 is 66.1 Å². The van der Waals surface area contributed by atoms with Gasteiger partial charge in [-0.3, -0.25) is 24.0 Å². The number of carboxylic acids is 1. The summed E-state index contributed by atoms with van der Waals surface area (Å²) in [5.74, 6) is -5.14. The first kappa shape index (κ1) is 32.2. The zero-order valence-electron chi connectivity index (χ0n) is 20.8. The highest BCUT2D eigenvalue weighted by Gasteiger charge is 2.31. The maximum atomic E-state index is 13.2. The van der Waals surface area contributed by atoms with Crippen LogP contribution in [0.25, 0.3) is 0 Å². The Morgan fingerprint density at radius 3 is 1.92 bits per heavy atom. The quantitative estimate of drug-likeness (QED) is 0.102. The highest BCUT2D eigenvalue weighted by molar-refractivity contribution is 7.98. The molecule has 0 saturated carbocycles. The Morgan fingerprint density at radius 1 is 0.842 bits per heavy atom. The number of hydrogen-bond donors (Lipinski definition) is 8. The second kappa shape index (κ2) is 16.1. The smallest absolute Gasteiger partial charge is 0.326 e. The van der Waals surface area contributed by atoms with E-state index in [-0.39, 0.29) is 25.0 Å². The van der Waals surface area contributed by atoms with Crippen LogP contribution in [0.4, 0.5) is 0 Å². The molecule has 38 heavy (non-hydrogen) atoms. The number of nitrogens with two attached hydrogens (primary N) is 3. The van der Waals surface area contributed by atoms with Gasteiger partial charge in [-0.25, -0.2) is 4.79 Å². The lowest BCUT2D eigenvalue weighted by atomic mass is 10.0. The van der Waals surface area contributed by atoms with E-state index >= 15 is 0 Å². The number of primary amides is 2. The molecule has 0 saturated heterocycles. The van der Waals surface area contributed by atoms with Crippen LogP contribution in [0.2, 0.25) is 0 Å². The van der Waals surface area contributed by atoms with Crippen molar-refractivity contribution in [3.8, 4) is 5.75 Å². The fourth-order valence-corrected chi connectivity index (χ4v) is 3.72. The van der Waals surface area contributed by atoms with E-state index in [0.29, 0.717) is 17.7 Å². The second-order valence-electron chi connectivity index (χ2n) is 8.46. The Labute approximate surface area is 223 Å². The lowest BCUT2D eigenvalue weighted by molar-refractivity contribution is -0.142. The van der Waals surface area contributed by atoms with Crippen LogP contribution in [0.1, 0.15) is 31.2 Å². The molecule has 0 aliphatic carbocycles. The zero-order valence-corrected chi connectivity index (χ0v) is 21.7. The van der Waals surface area contributed by atoms with Gasteiger partial charge >= 0.3 is 5.97 Å². The second-order valence-corrected chi connectivity index (χ2v) is 9.44. The van der Waals surface area contributed by atoms with Crippen LogP contribution in [0, 0.1) is 0 Å². The minimum absolute atomic E-state index is 0.0135. The number of aromatic hydroxyl groups is 1. The molecule has 11 N–H and O–H groups in total. The van der Waals surface area contributed by atoms with Crippen LogP contribution < -0.4 is 33.2 Å². The number of carbonyl (C=O) groups excluding carboxylic acids is 5. The maximum Gasteiger partial charge on any atom is 0.326 e. The predicted molar refractivity (Wildman–Crippen MR) is 138 cm³/mol. The standard InChI is InChI=1S/C23H34N6O8S/c1-38-9-8-14(24)20(33)28-16(10-12-2-4-13(30)5-3-12)21(34)29-17(11-19(26)32)22(35)27-15(23(36)37)6-7-18(25)31/h2-5,14-17,30H,6-11,24H2,1H3,(H2,25,31)(H2,26,32)(H,27,35)(H,28,33)(H,29,34)(H,36,37). The molecular formula is C23H34N6O8S. The van der Waals surface area contributed by atoms with Crippen molar-refractivity contribution in [3.63, 3.8) is 0 Å². The van der Waals surface area contributed by atoms with E-state index in [1.165, 1.54) is 36.0 Å². The summed E-state index contributed by atoms with van der Waals surface area (Å²) in [5, 5.41) is 25.9. The molecule has 4 unspecified atom stereocenters. The maximum absolute atomic E-state index is 13.2. The monoisotopic (exact) mass is 554 g/mol. The molecule has 0 aliphatic heterocycles. The van der Waals surface area contributed by atoms with Crippen molar-refractivity contribution < 1.29 is 39.0 Å². The number of nitrogens with one attached hydrogen (secondary N) is 3. The Bertz CT molecular complexity index is 1010. The van der Waals surface area contributed by atoms with Gasteiger partial charge in [-0.2, -0.15) is 11.8 Å². The molecule has 15 heteroatoms. The number of hydrogen-bond acceptors (Lipinski definition) is 9. The summed E-state index contributed by atoms with van der Waals surface area (Å²) in [6, 6.07) is 0.558. The van der Waals surface area contributed by atoms with E-state index in [9.17, 15) is 39.0 Å². The van der Waals surface area contributed by atoms with Crippen LogP contribution >= 0.6 is 11.8 Å². The van der Waals surface area contributed by atoms with Crippen LogP contribution in [0.5, 0.6) is 5.75 Å². The number of thioether (sulfide) groups is 1. The van der Waals surface area contributed by atoms with Crippen LogP contribution in [-0.4, -0.2) is 81.9 Å². The van der Waals surface area contributed by atoms with Gasteiger partial charge in [0.05, 0.1) is 12.5 Å². The fraction of sp³-hybridized carbons (Fsp3) is 0.478. The van der Waals surface area contributed by atoms with Crippen LogP contribution in [0.15, 0.2) is 24.3 Å². The third-order valence-corrected chi connectivity index (χ3v) is 5.96. The molecule has 210 valence electrons. The van der Waals surface area contributed by atoms with Crippen molar-refractivity contribution in [2.75, 3.05) is 12.0 Å². The highest BCUT2D eigenvalue weighted by Crippen LogP contribution is 2.12. The Kier molecular flexibility index (Phi) is 13.6. The normalized spacial score (nSPS) is 13.8. The number of amides is 5. The number of phenols is 1. The molecule has 0 heterocycles. The average Bonchev–Trinajstić information content (AvgIpc) is 2.84. The third kappa shape index (κ3) is 11.9. The number of aliphatic carboxylic acids is 1. The van der Waals surface area contributed by atoms with Crippen molar-refractivity contribution in [3.05, 3.63) is 29.8 Å². The molecule has 0 radical (unpaired) electrons. The minimum Gasteiger partial charge on any atom is -0.508 e. The zero-order chi connectivity index (χ0) is 28.8. The Hall–Kier alpha value is -3.85. The molecule has 0 spiro atoms. The van der Waals surface area contributed by atoms with Gasteiger partial charge in [-0.1, -0.05) is 12.1 Å². The topological polar surface area (TPSA) is 257 Å². The largest absolute Gasteiger partial charge is 0.508 e. The van der Waals surface area contributed by atoms with Crippen LogP contribution in [0.3, 0.4) is 0 Å². The molecule has 1 rings (SSSR count). The number of carboxylic acid groups (broad SMARTS) is 1. The number of phenolic OH excluding ortho intramolecular Hbond substituents is 1. The summed E-state index contributed by atoms with van der Waals surface area (Å²) in [5.41, 5.74) is 16.7. The van der Waals surface area contributed by atoms with Gasteiger partial charge in [0.2, 0.25) is 29.5 Å². The van der Waals surface area contributed by atoms with Crippen LogP contribution in [-0.2, 0) is 35.2 Å². The van der Waals surface area contributed by atoms with Gasteiger partial charge in [0.1, 0.15) is 23.9 Å². The summed E-state index contributed by atoms with van der Waals surface area (Å²) < 4.78 is 0. The van der Waals surface area contributed by atoms with E-state index in [0.717, 1.165) is 0 Å². The predicted octanol–water partition coefficient (Wildman–Crippen LogP) is -2.30. The van der Waals surface area contributed by atoms with Gasteiger partial charge < -0.3 is 43.4 Å². The number of benzene rings is 1. The molecule has 0 fully saturated rings. The molecule has 1 aromatic carbocycles. The lowest BCUT2D eigenvalue weighted by Gasteiger charge is -2.25. The number of rotatable bonds is 17.